The zero-order chi connectivity index (χ0) is 14.5. The SMILES string of the molecule is CN(C(=O)C(/C(N)=N/O)c1ccccc1)C1CCOC1. The lowest BCUT2D eigenvalue weighted by Gasteiger charge is -2.27. The molecule has 0 aliphatic carbocycles. The maximum Gasteiger partial charge on any atom is 0.237 e. The number of nitrogens with two attached hydrogens (primary N) is 1. The Morgan fingerprint density at radius 3 is 2.75 bits per heavy atom. The third-order valence-electron chi connectivity index (χ3n) is 3.59. The topological polar surface area (TPSA) is 88.2 Å². The molecule has 108 valence electrons. The van der Waals surface area contributed by atoms with E-state index in [4.69, 9.17) is 15.7 Å². The van der Waals surface area contributed by atoms with Gasteiger partial charge in [0.25, 0.3) is 0 Å². The van der Waals surface area contributed by atoms with Gasteiger partial charge in [-0.1, -0.05) is 35.5 Å². The molecule has 2 rings (SSSR count). The highest BCUT2D eigenvalue weighted by atomic mass is 16.5. The van der Waals surface area contributed by atoms with Gasteiger partial charge in [-0.05, 0) is 12.0 Å². The number of nitrogens with zero attached hydrogens (tertiary/aromatic N) is 2. The number of carbonyl (C=O) groups is 1. The van der Waals surface area contributed by atoms with E-state index in [1.54, 1.807) is 24.1 Å². The van der Waals surface area contributed by atoms with Crippen molar-refractivity contribution in [3.63, 3.8) is 0 Å². The van der Waals surface area contributed by atoms with Gasteiger partial charge in [0.05, 0.1) is 12.6 Å². The van der Waals surface area contributed by atoms with Crippen molar-refractivity contribution in [3.05, 3.63) is 35.9 Å². The van der Waals surface area contributed by atoms with Crippen LogP contribution in [0.1, 0.15) is 17.9 Å². The minimum absolute atomic E-state index is 0.0419. The number of rotatable bonds is 4. The summed E-state index contributed by atoms with van der Waals surface area (Å²) in [5, 5.41) is 11.9. The Hall–Kier alpha value is -2.08. The number of hydrogen-bond donors (Lipinski definition) is 2. The van der Waals surface area contributed by atoms with Crippen LogP contribution in [0.3, 0.4) is 0 Å². The van der Waals surface area contributed by atoms with E-state index < -0.39 is 5.92 Å². The summed E-state index contributed by atoms with van der Waals surface area (Å²) in [6, 6.07) is 9.11. The maximum atomic E-state index is 12.6. The van der Waals surface area contributed by atoms with Crippen LogP contribution in [0.15, 0.2) is 35.5 Å². The van der Waals surface area contributed by atoms with Gasteiger partial charge in [-0.3, -0.25) is 4.79 Å². The van der Waals surface area contributed by atoms with Gasteiger partial charge in [-0.2, -0.15) is 0 Å². The zero-order valence-corrected chi connectivity index (χ0v) is 11.4. The Labute approximate surface area is 117 Å². The van der Waals surface area contributed by atoms with Crippen LogP contribution < -0.4 is 5.73 Å². The molecule has 6 nitrogen and oxygen atoms in total. The lowest BCUT2D eigenvalue weighted by Crippen LogP contribution is -2.44. The molecule has 6 heteroatoms. The second kappa shape index (κ2) is 6.38. The average Bonchev–Trinajstić information content (AvgIpc) is 3.01. The van der Waals surface area contributed by atoms with E-state index >= 15 is 0 Å². The predicted molar refractivity (Wildman–Crippen MR) is 74.6 cm³/mol. The largest absolute Gasteiger partial charge is 0.409 e. The van der Waals surface area contributed by atoms with E-state index in [1.165, 1.54) is 0 Å². The first-order valence-corrected chi connectivity index (χ1v) is 6.52. The fourth-order valence-electron chi connectivity index (χ4n) is 2.35. The molecular weight excluding hydrogens is 258 g/mol. The van der Waals surface area contributed by atoms with Crippen LogP contribution in [0, 0.1) is 0 Å². The van der Waals surface area contributed by atoms with Gasteiger partial charge in [0.15, 0.2) is 5.84 Å². The molecule has 1 aliphatic heterocycles. The summed E-state index contributed by atoms with van der Waals surface area (Å²) in [4.78, 5) is 14.3. The minimum Gasteiger partial charge on any atom is -0.409 e. The lowest BCUT2D eigenvalue weighted by molar-refractivity contribution is -0.132. The fraction of sp³-hybridized carbons (Fsp3) is 0.429. The van der Waals surface area contributed by atoms with Gasteiger partial charge in [-0.15, -0.1) is 0 Å². The molecule has 0 aromatic heterocycles. The van der Waals surface area contributed by atoms with Crippen LogP contribution in [0.4, 0.5) is 0 Å². The zero-order valence-electron chi connectivity index (χ0n) is 11.4. The van der Waals surface area contributed by atoms with Crippen LogP contribution in [0.5, 0.6) is 0 Å². The molecule has 0 spiro atoms. The molecule has 1 aromatic carbocycles. The van der Waals surface area contributed by atoms with Crippen molar-refractivity contribution >= 4 is 11.7 Å². The highest BCUT2D eigenvalue weighted by molar-refractivity contribution is 6.07. The van der Waals surface area contributed by atoms with E-state index in [0.29, 0.717) is 18.8 Å². The molecule has 3 N–H and O–H groups in total. The first-order valence-electron chi connectivity index (χ1n) is 6.52. The van der Waals surface area contributed by atoms with E-state index in [9.17, 15) is 4.79 Å². The molecule has 1 aliphatic rings. The van der Waals surface area contributed by atoms with Crippen molar-refractivity contribution in [2.45, 2.75) is 18.4 Å². The molecule has 1 saturated heterocycles. The van der Waals surface area contributed by atoms with Gasteiger partial charge in [0.2, 0.25) is 5.91 Å². The Balaban J connectivity index is 2.25. The van der Waals surface area contributed by atoms with E-state index in [-0.39, 0.29) is 17.8 Å². The Kier molecular flexibility index (Phi) is 4.57. The van der Waals surface area contributed by atoms with Crippen LogP contribution in [-0.2, 0) is 9.53 Å². The number of oxime groups is 1. The molecule has 2 unspecified atom stereocenters. The summed E-state index contributed by atoms with van der Waals surface area (Å²) >= 11 is 0. The molecule has 0 saturated carbocycles. The first kappa shape index (κ1) is 14.3. The maximum absolute atomic E-state index is 12.6. The number of carbonyl (C=O) groups excluding carboxylic acids is 1. The van der Waals surface area contributed by atoms with Gasteiger partial charge < -0.3 is 20.6 Å². The standard InChI is InChI=1S/C14H19N3O3/c1-17(11-7-8-20-9-11)14(18)12(13(15)16-19)10-5-3-2-4-6-10/h2-6,11-12,19H,7-9H2,1H3,(H2,15,16). The fourth-order valence-corrected chi connectivity index (χ4v) is 2.35. The molecule has 20 heavy (non-hydrogen) atoms. The highest BCUT2D eigenvalue weighted by Gasteiger charge is 2.32. The first-order chi connectivity index (χ1) is 9.65. The van der Waals surface area contributed by atoms with Crippen molar-refractivity contribution in [2.24, 2.45) is 10.9 Å². The third-order valence-corrected chi connectivity index (χ3v) is 3.59. The predicted octanol–water partition coefficient (Wildman–Crippen LogP) is 0.764. The summed E-state index contributed by atoms with van der Waals surface area (Å²) in [5.41, 5.74) is 6.41. The smallest absolute Gasteiger partial charge is 0.237 e. The number of benzene rings is 1. The van der Waals surface area contributed by atoms with Crippen LogP contribution >= 0.6 is 0 Å². The van der Waals surface area contributed by atoms with Crippen LogP contribution in [0.2, 0.25) is 0 Å². The third kappa shape index (κ3) is 2.91. The number of amides is 1. The lowest BCUT2D eigenvalue weighted by atomic mass is 9.96. The van der Waals surface area contributed by atoms with Crippen LogP contribution in [0.25, 0.3) is 0 Å². The second-order valence-electron chi connectivity index (χ2n) is 4.84. The summed E-state index contributed by atoms with van der Waals surface area (Å²) in [5.74, 6) is -1.07. The Morgan fingerprint density at radius 2 is 2.20 bits per heavy atom. The monoisotopic (exact) mass is 277 g/mol. The van der Waals surface area contributed by atoms with Gasteiger partial charge >= 0.3 is 0 Å². The van der Waals surface area contributed by atoms with Crippen molar-refractivity contribution in [1.82, 2.24) is 4.90 Å². The molecule has 0 bridgehead atoms. The van der Waals surface area contributed by atoms with Gasteiger partial charge in [0, 0.05) is 13.7 Å². The molecule has 1 fully saturated rings. The molecule has 1 amide bonds. The average molecular weight is 277 g/mol. The quantitative estimate of drug-likeness (QED) is 0.368. The van der Waals surface area contributed by atoms with Crippen LogP contribution in [-0.4, -0.2) is 48.2 Å². The van der Waals surface area contributed by atoms with E-state index in [2.05, 4.69) is 5.16 Å². The van der Waals surface area contributed by atoms with Crippen molar-refractivity contribution in [1.29, 1.82) is 0 Å². The van der Waals surface area contributed by atoms with Crippen molar-refractivity contribution in [2.75, 3.05) is 20.3 Å². The van der Waals surface area contributed by atoms with Crippen molar-refractivity contribution in [3.8, 4) is 0 Å². The molecule has 0 radical (unpaired) electrons. The summed E-state index contributed by atoms with van der Waals surface area (Å²) in [6.45, 7) is 1.18. The molecule has 1 heterocycles. The summed E-state index contributed by atoms with van der Waals surface area (Å²) in [6.07, 6.45) is 0.805. The highest BCUT2D eigenvalue weighted by Crippen LogP contribution is 2.21. The van der Waals surface area contributed by atoms with E-state index in [0.717, 1.165) is 6.42 Å². The van der Waals surface area contributed by atoms with E-state index in [1.807, 2.05) is 18.2 Å². The number of amidine groups is 1. The molecule has 1 aromatic rings. The summed E-state index contributed by atoms with van der Waals surface area (Å²) in [7, 11) is 1.72. The molecular formula is C14H19N3O3. The molecule has 2 atom stereocenters. The Bertz CT molecular complexity index is 484. The summed E-state index contributed by atoms with van der Waals surface area (Å²) < 4.78 is 5.30. The number of likely N-dealkylation sites (N-methyl/N-ethyl adjacent to an activating group) is 1. The Morgan fingerprint density at radius 1 is 1.50 bits per heavy atom. The second-order valence-corrected chi connectivity index (χ2v) is 4.84. The number of hydrogen-bond acceptors (Lipinski definition) is 4. The normalized spacial score (nSPS) is 20.6. The minimum atomic E-state index is -0.771. The number of ether oxygens (including phenoxy) is 1. The van der Waals surface area contributed by atoms with Gasteiger partial charge in [-0.25, -0.2) is 0 Å². The van der Waals surface area contributed by atoms with Crippen molar-refractivity contribution < 1.29 is 14.7 Å². The van der Waals surface area contributed by atoms with Gasteiger partial charge in [0.1, 0.15) is 5.92 Å².